The summed E-state index contributed by atoms with van der Waals surface area (Å²) in [5, 5.41) is 24.3. The largest absolute Gasteiger partial charge is 0.319 e. The quantitative estimate of drug-likeness (QED) is 0.859. The number of carbonyl (C=O) groups excluding carboxylic acids is 1. The Morgan fingerprint density at radius 1 is 1.37 bits per heavy atom. The highest BCUT2D eigenvalue weighted by Gasteiger charge is 2.19. The highest BCUT2D eigenvalue weighted by molar-refractivity contribution is 6.01. The van der Waals surface area contributed by atoms with E-state index in [2.05, 4.69) is 32.0 Å². The number of rotatable bonds is 3. The van der Waals surface area contributed by atoms with Crippen molar-refractivity contribution in [2.24, 2.45) is 0 Å². The lowest BCUT2D eigenvalue weighted by atomic mass is 9.86. The van der Waals surface area contributed by atoms with E-state index in [-0.39, 0.29) is 5.82 Å². The second kappa shape index (κ2) is 4.86. The Bertz CT molecular complexity index is 609. The zero-order valence-electron chi connectivity index (χ0n) is 10.5. The third-order valence-corrected chi connectivity index (χ3v) is 2.69. The molecule has 0 aliphatic heterocycles. The first-order valence-corrected chi connectivity index (χ1v) is 5.59. The van der Waals surface area contributed by atoms with Gasteiger partial charge in [0.15, 0.2) is 0 Å². The molecule has 0 radical (unpaired) electrons. The fraction of sp³-hybridized carbons (Fsp3) is 0.250. The van der Waals surface area contributed by atoms with Crippen LogP contribution in [-0.2, 0) is 5.41 Å². The molecular weight excluding hydrogens is 244 g/mol. The zero-order valence-corrected chi connectivity index (χ0v) is 10.5. The Labute approximate surface area is 109 Å². The van der Waals surface area contributed by atoms with Crippen LogP contribution in [0.4, 0.5) is 5.69 Å². The number of nitrogens with zero attached hydrogens (tertiary/aromatic N) is 4. The van der Waals surface area contributed by atoms with E-state index >= 15 is 0 Å². The average Bonchev–Trinajstić information content (AvgIpc) is 2.93. The van der Waals surface area contributed by atoms with Gasteiger partial charge in [0.25, 0.3) is 11.7 Å². The summed E-state index contributed by atoms with van der Waals surface area (Å²) in [4.78, 5) is 11.7. The molecule has 2 rings (SSSR count). The number of hydrogen-bond acceptors (Lipinski definition) is 5. The normalized spacial score (nSPS) is 10.8. The van der Waals surface area contributed by atoms with Crippen molar-refractivity contribution in [2.45, 2.75) is 19.3 Å². The monoisotopic (exact) mass is 256 g/mol. The predicted octanol–water partition coefficient (Wildman–Crippen LogP) is 1.25. The van der Waals surface area contributed by atoms with E-state index in [1.54, 1.807) is 24.3 Å². The molecule has 7 nitrogen and oxygen atoms in total. The predicted molar refractivity (Wildman–Crippen MR) is 67.2 cm³/mol. The number of hydrogen-bond donors (Lipinski definition) is 2. The molecule has 0 saturated carbocycles. The zero-order chi connectivity index (χ0) is 13.9. The van der Waals surface area contributed by atoms with Crippen molar-refractivity contribution in [1.29, 1.82) is 5.26 Å². The lowest BCUT2D eigenvalue weighted by Gasteiger charge is -2.15. The molecule has 1 heterocycles. The average molecular weight is 256 g/mol. The van der Waals surface area contributed by atoms with E-state index in [0.717, 1.165) is 5.56 Å². The minimum absolute atomic E-state index is 0.0265. The molecule has 2 N–H and O–H groups in total. The summed E-state index contributed by atoms with van der Waals surface area (Å²) in [7, 11) is 0. The summed E-state index contributed by atoms with van der Waals surface area (Å²) in [5.74, 6) is -0.470. The Balaban J connectivity index is 2.12. The van der Waals surface area contributed by atoms with Crippen molar-refractivity contribution >= 4 is 11.6 Å². The molecule has 0 unspecified atom stereocenters. The fourth-order valence-electron chi connectivity index (χ4n) is 1.48. The first-order valence-electron chi connectivity index (χ1n) is 5.59. The van der Waals surface area contributed by atoms with E-state index in [9.17, 15) is 4.79 Å². The van der Waals surface area contributed by atoms with Gasteiger partial charge in [0.2, 0.25) is 0 Å². The van der Waals surface area contributed by atoms with E-state index < -0.39 is 11.3 Å². The van der Waals surface area contributed by atoms with E-state index in [0.29, 0.717) is 5.69 Å². The van der Waals surface area contributed by atoms with Crippen LogP contribution in [0.1, 0.15) is 30.0 Å². The van der Waals surface area contributed by atoms with Crippen LogP contribution in [0, 0.1) is 11.3 Å². The highest BCUT2D eigenvalue weighted by Crippen LogP contribution is 2.23. The standard InChI is InChI=1S/C12H12N6O/c1-12(2,7-13)8-3-5-9(6-4-8)14-11(19)10-15-17-18-16-10/h3-6H,1-2H3,(H,14,19)(H,15,16,17,18). The second-order valence-corrected chi connectivity index (χ2v) is 4.50. The SMILES string of the molecule is CC(C)(C#N)c1ccc(NC(=O)c2nn[nH]n2)cc1. The van der Waals surface area contributed by atoms with Gasteiger partial charge in [0.1, 0.15) is 0 Å². The number of nitriles is 1. The number of tetrazole rings is 1. The van der Waals surface area contributed by atoms with Crippen LogP contribution >= 0.6 is 0 Å². The lowest BCUT2D eigenvalue weighted by molar-refractivity contribution is 0.101. The van der Waals surface area contributed by atoms with Gasteiger partial charge in [0, 0.05) is 5.69 Å². The molecule has 0 atom stereocenters. The van der Waals surface area contributed by atoms with Gasteiger partial charge in [-0.15, -0.1) is 10.2 Å². The van der Waals surface area contributed by atoms with Crippen molar-refractivity contribution in [3.05, 3.63) is 35.7 Å². The molecule has 2 aromatic rings. The van der Waals surface area contributed by atoms with Crippen molar-refractivity contribution in [3.63, 3.8) is 0 Å². The van der Waals surface area contributed by atoms with Crippen molar-refractivity contribution in [2.75, 3.05) is 5.32 Å². The first kappa shape index (κ1) is 12.7. The van der Waals surface area contributed by atoms with Crippen LogP contribution in [-0.4, -0.2) is 26.5 Å². The Hall–Kier alpha value is -2.75. The van der Waals surface area contributed by atoms with Gasteiger partial charge >= 0.3 is 0 Å². The molecule has 0 saturated heterocycles. The highest BCUT2D eigenvalue weighted by atomic mass is 16.2. The van der Waals surface area contributed by atoms with Gasteiger partial charge in [-0.3, -0.25) is 4.79 Å². The summed E-state index contributed by atoms with van der Waals surface area (Å²) in [6.45, 7) is 3.67. The Morgan fingerprint density at radius 3 is 2.58 bits per heavy atom. The van der Waals surface area contributed by atoms with Gasteiger partial charge in [-0.1, -0.05) is 12.1 Å². The molecule has 0 aliphatic carbocycles. The van der Waals surface area contributed by atoms with Gasteiger partial charge in [-0.05, 0) is 36.8 Å². The minimum atomic E-state index is -0.559. The number of nitrogens with one attached hydrogen (secondary N) is 2. The minimum Gasteiger partial charge on any atom is -0.319 e. The summed E-state index contributed by atoms with van der Waals surface area (Å²) < 4.78 is 0. The number of amides is 1. The third kappa shape index (κ3) is 2.74. The molecule has 7 heteroatoms. The molecule has 0 fully saturated rings. The van der Waals surface area contributed by atoms with Gasteiger partial charge in [-0.2, -0.15) is 10.5 Å². The molecule has 1 aromatic heterocycles. The van der Waals surface area contributed by atoms with Crippen LogP contribution in [0.3, 0.4) is 0 Å². The number of benzene rings is 1. The maximum absolute atomic E-state index is 11.7. The van der Waals surface area contributed by atoms with Crippen LogP contribution < -0.4 is 5.32 Å². The van der Waals surface area contributed by atoms with Crippen LogP contribution in [0.5, 0.6) is 0 Å². The maximum Gasteiger partial charge on any atom is 0.297 e. The lowest BCUT2D eigenvalue weighted by Crippen LogP contribution is -2.15. The van der Waals surface area contributed by atoms with E-state index in [4.69, 9.17) is 5.26 Å². The molecule has 0 aliphatic rings. The molecular formula is C12H12N6O. The molecule has 1 amide bonds. The maximum atomic E-state index is 11.7. The van der Waals surface area contributed by atoms with Crippen LogP contribution in [0.15, 0.2) is 24.3 Å². The number of carbonyl (C=O) groups is 1. The molecule has 0 spiro atoms. The summed E-state index contributed by atoms with van der Waals surface area (Å²) in [6, 6.07) is 9.28. The molecule has 19 heavy (non-hydrogen) atoms. The van der Waals surface area contributed by atoms with Gasteiger partial charge < -0.3 is 5.32 Å². The van der Waals surface area contributed by atoms with Crippen LogP contribution in [0.2, 0.25) is 0 Å². The fourth-order valence-corrected chi connectivity index (χ4v) is 1.48. The third-order valence-electron chi connectivity index (χ3n) is 2.69. The van der Waals surface area contributed by atoms with Crippen molar-refractivity contribution in [1.82, 2.24) is 20.6 Å². The number of aromatic amines is 1. The van der Waals surface area contributed by atoms with Crippen molar-refractivity contribution in [3.8, 4) is 6.07 Å². The topological polar surface area (TPSA) is 107 Å². The Kier molecular flexibility index (Phi) is 3.25. The number of aromatic nitrogens is 4. The summed E-state index contributed by atoms with van der Waals surface area (Å²) in [6.07, 6.45) is 0. The van der Waals surface area contributed by atoms with Crippen LogP contribution in [0.25, 0.3) is 0 Å². The summed E-state index contributed by atoms with van der Waals surface area (Å²) >= 11 is 0. The smallest absolute Gasteiger partial charge is 0.297 e. The second-order valence-electron chi connectivity index (χ2n) is 4.50. The first-order chi connectivity index (χ1) is 9.03. The van der Waals surface area contributed by atoms with E-state index in [1.807, 2.05) is 13.8 Å². The molecule has 1 aromatic carbocycles. The van der Waals surface area contributed by atoms with E-state index in [1.165, 1.54) is 0 Å². The van der Waals surface area contributed by atoms with Gasteiger partial charge in [0.05, 0.1) is 11.5 Å². The number of H-pyrrole nitrogens is 1. The molecule has 0 bridgehead atoms. The Morgan fingerprint density at radius 2 is 2.05 bits per heavy atom. The summed E-state index contributed by atoms with van der Waals surface area (Å²) in [5.41, 5.74) is 0.927. The van der Waals surface area contributed by atoms with Gasteiger partial charge in [-0.25, -0.2) is 0 Å². The molecule has 96 valence electrons. The van der Waals surface area contributed by atoms with Crippen molar-refractivity contribution < 1.29 is 4.79 Å². The number of anilines is 1.